The predicted octanol–water partition coefficient (Wildman–Crippen LogP) is 8.75. The molecule has 2 amide bonds. The summed E-state index contributed by atoms with van der Waals surface area (Å²) in [6, 6.07) is 23.2. The third kappa shape index (κ3) is 8.59. The van der Waals surface area contributed by atoms with Crippen LogP contribution in [-0.2, 0) is 9.59 Å². The molecule has 0 aliphatic heterocycles. The molecule has 0 fully saturated rings. The highest BCUT2D eigenvalue weighted by atomic mass is 35.5. The highest BCUT2D eigenvalue weighted by molar-refractivity contribution is 6.36. The number of hydrogen-bond acceptors (Lipinski definition) is 6. The van der Waals surface area contributed by atoms with Crippen molar-refractivity contribution < 1.29 is 19.1 Å². The normalized spacial score (nSPS) is 10.8. The topological polar surface area (TPSA) is 101 Å². The predicted molar refractivity (Wildman–Crippen MR) is 158 cm³/mol. The van der Waals surface area contributed by atoms with E-state index in [2.05, 4.69) is 20.9 Å². The van der Waals surface area contributed by atoms with E-state index in [9.17, 15) is 9.59 Å². The van der Waals surface area contributed by atoms with Crippen molar-refractivity contribution in [3.8, 4) is 11.5 Å². The molecule has 0 saturated heterocycles. The van der Waals surface area contributed by atoms with Crippen LogP contribution in [0.2, 0.25) is 20.1 Å². The molecule has 0 aliphatic rings. The van der Waals surface area contributed by atoms with E-state index in [-0.39, 0.29) is 28.9 Å². The minimum Gasteiger partial charge on any atom is -0.482 e. The van der Waals surface area contributed by atoms with E-state index in [0.29, 0.717) is 38.6 Å². The average molecular weight is 618 g/mol. The van der Waals surface area contributed by atoms with E-state index < -0.39 is 11.8 Å². The van der Waals surface area contributed by atoms with Gasteiger partial charge in [-0.05, 0) is 66.7 Å². The van der Waals surface area contributed by atoms with Gasteiger partial charge in [0.05, 0.1) is 21.4 Å². The number of hydrogen-bond donors (Lipinski definition) is 2. The number of halogens is 4. The van der Waals surface area contributed by atoms with Gasteiger partial charge in [0, 0.05) is 15.7 Å². The van der Waals surface area contributed by atoms with E-state index in [0.717, 1.165) is 0 Å². The van der Waals surface area contributed by atoms with Gasteiger partial charge in [0.1, 0.15) is 17.2 Å². The van der Waals surface area contributed by atoms with Crippen LogP contribution in [-0.4, -0.2) is 25.0 Å². The molecule has 0 aliphatic carbocycles. The quantitative estimate of drug-likeness (QED) is 0.174. The van der Waals surface area contributed by atoms with E-state index >= 15 is 0 Å². The fraction of sp³-hybridized carbons (Fsp3) is 0.0714. The smallest absolute Gasteiger partial charge is 0.262 e. The number of azo groups is 1. The lowest BCUT2D eigenvalue weighted by atomic mass is 10.2. The van der Waals surface area contributed by atoms with Crippen molar-refractivity contribution in [1.29, 1.82) is 0 Å². The van der Waals surface area contributed by atoms with Crippen molar-refractivity contribution >= 4 is 81.0 Å². The number of ether oxygens (including phenoxy) is 2. The van der Waals surface area contributed by atoms with Crippen LogP contribution in [0.4, 0.5) is 22.7 Å². The summed E-state index contributed by atoms with van der Waals surface area (Å²) in [6.45, 7) is -0.656. The van der Waals surface area contributed by atoms with Gasteiger partial charge in [0.25, 0.3) is 11.8 Å². The molecule has 12 heteroatoms. The van der Waals surface area contributed by atoms with Gasteiger partial charge >= 0.3 is 0 Å². The van der Waals surface area contributed by atoms with Crippen LogP contribution in [0.25, 0.3) is 0 Å². The van der Waals surface area contributed by atoms with Crippen LogP contribution in [0.1, 0.15) is 0 Å². The van der Waals surface area contributed by atoms with Crippen molar-refractivity contribution in [2.45, 2.75) is 0 Å². The number of anilines is 2. The zero-order valence-corrected chi connectivity index (χ0v) is 23.6. The molecule has 2 N–H and O–H groups in total. The number of rotatable bonds is 10. The van der Waals surface area contributed by atoms with Crippen LogP contribution in [0.3, 0.4) is 0 Å². The molecule has 0 heterocycles. The Morgan fingerprint density at radius 2 is 1.23 bits per heavy atom. The van der Waals surface area contributed by atoms with Gasteiger partial charge in [-0.3, -0.25) is 9.59 Å². The summed E-state index contributed by atoms with van der Waals surface area (Å²) in [5, 5.41) is 15.3. The minimum atomic E-state index is -0.494. The second-order valence-corrected chi connectivity index (χ2v) is 9.78. The summed E-state index contributed by atoms with van der Waals surface area (Å²) < 4.78 is 11.0. The Morgan fingerprint density at radius 3 is 1.80 bits per heavy atom. The number of benzene rings is 4. The van der Waals surface area contributed by atoms with E-state index in [1.54, 1.807) is 54.6 Å². The lowest BCUT2D eigenvalue weighted by Gasteiger charge is -2.13. The zero-order valence-electron chi connectivity index (χ0n) is 20.5. The molecule has 4 aromatic carbocycles. The Morgan fingerprint density at radius 1 is 0.650 bits per heavy atom. The van der Waals surface area contributed by atoms with Crippen molar-refractivity contribution in [2.75, 3.05) is 23.8 Å². The van der Waals surface area contributed by atoms with Crippen molar-refractivity contribution in [3.63, 3.8) is 0 Å². The number of nitrogens with one attached hydrogen (secondary N) is 2. The van der Waals surface area contributed by atoms with Gasteiger partial charge < -0.3 is 20.1 Å². The lowest BCUT2D eigenvalue weighted by molar-refractivity contribution is -0.118. The molecule has 0 atom stereocenters. The minimum absolute atomic E-state index is 0.268. The Labute approximate surface area is 249 Å². The van der Waals surface area contributed by atoms with E-state index in [1.807, 2.05) is 18.2 Å². The molecule has 4 aromatic rings. The number of nitrogens with zero attached hydrogens (tertiary/aromatic N) is 2. The van der Waals surface area contributed by atoms with Crippen molar-refractivity contribution in [2.24, 2.45) is 10.2 Å². The highest BCUT2D eigenvalue weighted by Crippen LogP contribution is 2.31. The summed E-state index contributed by atoms with van der Waals surface area (Å²) >= 11 is 24.0. The number of amides is 2. The highest BCUT2D eigenvalue weighted by Gasteiger charge is 2.13. The van der Waals surface area contributed by atoms with Crippen molar-refractivity contribution in [3.05, 3.63) is 105 Å². The molecule has 40 heavy (non-hydrogen) atoms. The third-order valence-electron chi connectivity index (χ3n) is 5.09. The van der Waals surface area contributed by atoms with E-state index in [1.165, 1.54) is 12.1 Å². The molecule has 4 rings (SSSR count). The fourth-order valence-electron chi connectivity index (χ4n) is 3.26. The van der Waals surface area contributed by atoms with Gasteiger partial charge in [-0.25, -0.2) is 0 Å². The second kappa shape index (κ2) is 14.0. The van der Waals surface area contributed by atoms with Gasteiger partial charge in [-0.1, -0.05) is 64.6 Å². The number of carbonyl (C=O) groups excluding carboxylic acids is 2. The first kappa shape index (κ1) is 29.2. The first-order valence-electron chi connectivity index (χ1n) is 11.6. The Balaban J connectivity index is 1.47. The summed E-state index contributed by atoms with van der Waals surface area (Å²) in [7, 11) is 0. The monoisotopic (exact) mass is 616 g/mol. The first-order valence-corrected chi connectivity index (χ1v) is 13.1. The van der Waals surface area contributed by atoms with Gasteiger partial charge in [-0.2, -0.15) is 5.11 Å². The van der Waals surface area contributed by atoms with Crippen LogP contribution in [0, 0.1) is 0 Å². The molecule has 0 saturated carbocycles. The third-order valence-corrected chi connectivity index (χ3v) is 6.15. The maximum Gasteiger partial charge on any atom is 0.262 e. The summed E-state index contributed by atoms with van der Waals surface area (Å²) in [5.41, 5.74) is 1.64. The Bertz CT molecular complexity index is 1550. The Hall–Kier alpha value is -3.82. The number of carbonyl (C=O) groups is 2. The van der Waals surface area contributed by atoms with Crippen LogP contribution >= 0.6 is 46.4 Å². The van der Waals surface area contributed by atoms with Crippen LogP contribution in [0.5, 0.6) is 11.5 Å². The summed E-state index contributed by atoms with van der Waals surface area (Å²) in [6.07, 6.45) is 0. The lowest BCUT2D eigenvalue weighted by Crippen LogP contribution is -2.21. The first-order chi connectivity index (χ1) is 19.3. The summed E-state index contributed by atoms with van der Waals surface area (Å²) in [5.74, 6) is -0.340. The molecule has 0 radical (unpaired) electrons. The summed E-state index contributed by atoms with van der Waals surface area (Å²) in [4.78, 5) is 25.3. The SMILES string of the molecule is O=C(COc1ccc(Cl)cc1Cl)Nc1ccc(N=Nc2ccccc2)c(NC(=O)COc2ccc(Cl)cc2Cl)c1. The molecular weight excluding hydrogens is 598 g/mol. The Kier molecular flexibility index (Phi) is 10.2. The average Bonchev–Trinajstić information content (AvgIpc) is 2.92. The molecule has 0 unspecified atom stereocenters. The van der Waals surface area contributed by atoms with Crippen LogP contribution < -0.4 is 20.1 Å². The standard InChI is InChI=1S/C28H20Cl4N4O4/c29-17-6-10-25(21(31)12-17)39-15-27(37)33-20-8-9-23(36-35-19-4-2-1-3-5-19)24(14-20)34-28(38)16-40-26-11-7-18(30)13-22(26)32/h1-14H,15-16H2,(H,33,37)(H,34,38). The van der Waals surface area contributed by atoms with Gasteiger partial charge in [0.2, 0.25) is 0 Å². The zero-order chi connectivity index (χ0) is 28.5. The molecule has 0 bridgehead atoms. The fourth-order valence-corrected chi connectivity index (χ4v) is 4.19. The van der Waals surface area contributed by atoms with E-state index in [4.69, 9.17) is 55.9 Å². The van der Waals surface area contributed by atoms with Gasteiger partial charge in [-0.15, -0.1) is 5.11 Å². The molecule has 0 spiro atoms. The largest absolute Gasteiger partial charge is 0.482 e. The molecular formula is C28H20Cl4N4O4. The van der Waals surface area contributed by atoms with Crippen molar-refractivity contribution in [1.82, 2.24) is 0 Å². The molecule has 204 valence electrons. The maximum atomic E-state index is 12.7. The second-order valence-electron chi connectivity index (χ2n) is 8.09. The van der Waals surface area contributed by atoms with Crippen LogP contribution in [0.15, 0.2) is 95.2 Å². The molecule has 8 nitrogen and oxygen atoms in total. The molecule has 0 aromatic heterocycles. The maximum absolute atomic E-state index is 12.7. The van der Waals surface area contributed by atoms with Gasteiger partial charge in [0.15, 0.2) is 13.2 Å².